The van der Waals surface area contributed by atoms with E-state index in [-0.39, 0.29) is 24.4 Å². The van der Waals surface area contributed by atoms with Crippen molar-refractivity contribution in [2.24, 2.45) is 0 Å². The topological polar surface area (TPSA) is 64.6 Å². The molecule has 0 aromatic heterocycles. The highest BCUT2D eigenvalue weighted by Crippen LogP contribution is 2.47. The van der Waals surface area contributed by atoms with Gasteiger partial charge in [0.25, 0.3) is 0 Å². The molecule has 1 N–H and O–H groups in total. The van der Waals surface area contributed by atoms with Crippen LogP contribution in [0.2, 0.25) is 5.02 Å². The molecule has 0 amide bonds. The second kappa shape index (κ2) is 12.1. The van der Waals surface area contributed by atoms with Crippen molar-refractivity contribution in [2.45, 2.75) is 58.0 Å². The van der Waals surface area contributed by atoms with Crippen molar-refractivity contribution < 1.29 is 19.1 Å². The molecule has 6 heteroatoms. The van der Waals surface area contributed by atoms with Crippen molar-refractivity contribution in [1.82, 2.24) is 5.32 Å². The van der Waals surface area contributed by atoms with E-state index in [2.05, 4.69) is 5.32 Å². The smallest absolute Gasteiger partial charge is 0.336 e. The summed E-state index contributed by atoms with van der Waals surface area (Å²) in [4.78, 5) is 27.6. The summed E-state index contributed by atoms with van der Waals surface area (Å²) in [5.41, 5.74) is 5.55. The summed E-state index contributed by atoms with van der Waals surface area (Å²) in [6.07, 6.45) is 1.54. The van der Waals surface area contributed by atoms with Crippen LogP contribution < -0.4 is 10.1 Å². The Hall–Kier alpha value is -3.83. The van der Waals surface area contributed by atoms with E-state index in [0.29, 0.717) is 46.9 Å². The number of halogens is 1. The van der Waals surface area contributed by atoms with E-state index in [1.54, 1.807) is 0 Å². The van der Waals surface area contributed by atoms with Crippen LogP contribution >= 0.6 is 11.6 Å². The molecule has 1 aliphatic carbocycles. The number of dihydropyridines is 1. The highest BCUT2D eigenvalue weighted by Gasteiger charge is 2.42. The molecule has 206 valence electrons. The zero-order valence-electron chi connectivity index (χ0n) is 23.1. The fourth-order valence-electron chi connectivity index (χ4n) is 5.66. The standard InChI is InChI=1S/C34H34ClNO4/c1-21(2)40-30-12-8-7-11-27(30)32-31(34(38)39-18-17-23-9-5-4-6-10-23)22(3)36-28-19-25(20-29(37)33(28)32)24-13-15-26(35)16-14-24/h4-16,21,25,32,36H,17-20H2,1-3H3/t25-,32+/m1/s1. The van der Waals surface area contributed by atoms with Gasteiger partial charge in [0.1, 0.15) is 5.75 Å². The number of nitrogens with one attached hydrogen (secondary N) is 1. The molecule has 3 aromatic rings. The summed E-state index contributed by atoms with van der Waals surface area (Å²) in [6, 6.07) is 25.3. The normalized spacial score (nSPS) is 18.9. The lowest BCUT2D eigenvalue weighted by Crippen LogP contribution is -2.36. The molecule has 0 bridgehead atoms. The summed E-state index contributed by atoms with van der Waals surface area (Å²) in [6.45, 7) is 6.06. The van der Waals surface area contributed by atoms with Gasteiger partial charge in [-0.2, -0.15) is 0 Å². The van der Waals surface area contributed by atoms with Gasteiger partial charge >= 0.3 is 5.97 Å². The highest BCUT2D eigenvalue weighted by atomic mass is 35.5. The zero-order valence-corrected chi connectivity index (χ0v) is 23.8. The van der Waals surface area contributed by atoms with Gasteiger partial charge in [-0.25, -0.2) is 4.79 Å². The number of allylic oxidation sites excluding steroid dienone is 3. The Labute approximate surface area is 240 Å². The maximum atomic E-state index is 13.9. The predicted molar refractivity (Wildman–Crippen MR) is 157 cm³/mol. The van der Waals surface area contributed by atoms with Crippen LogP contribution in [0.4, 0.5) is 0 Å². The van der Waals surface area contributed by atoms with Gasteiger partial charge in [-0.05, 0) is 62.4 Å². The number of benzene rings is 3. The van der Waals surface area contributed by atoms with Gasteiger partial charge in [0.2, 0.25) is 0 Å². The van der Waals surface area contributed by atoms with E-state index in [9.17, 15) is 9.59 Å². The van der Waals surface area contributed by atoms with Crippen LogP contribution in [0.15, 0.2) is 101 Å². The van der Waals surface area contributed by atoms with Gasteiger partial charge in [0, 0.05) is 40.4 Å². The van der Waals surface area contributed by atoms with Crippen molar-refractivity contribution in [3.63, 3.8) is 0 Å². The first-order valence-corrected chi connectivity index (χ1v) is 14.2. The Kier molecular flexibility index (Phi) is 8.41. The maximum absolute atomic E-state index is 13.9. The van der Waals surface area contributed by atoms with E-state index in [4.69, 9.17) is 21.1 Å². The summed E-state index contributed by atoms with van der Waals surface area (Å²) >= 11 is 6.11. The van der Waals surface area contributed by atoms with Gasteiger partial charge in [0.15, 0.2) is 5.78 Å². The SMILES string of the molecule is CC1=C(C(=O)OCCc2ccccc2)[C@H](c2ccccc2OC(C)C)C2=C(C[C@@H](c3ccc(Cl)cc3)CC2=O)N1. The molecule has 3 aromatic carbocycles. The number of hydrogen-bond donors (Lipinski definition) is 1. The molecule has 5 rings (SSSR count). The van der Waals surface area contributed by atoms with Crippen LogP contribution in [-0.2, 0) is 20.7 Å². The third-order valence-electron chi connectivity index (χ3n) is 7.45. The van der Waals surface area contributed by atoms with Crippen molar-refractivity contribution in [3.05, 3.63) is 123 Å². The van der Waals surface area contributed by atoms with Gasteiger partial charge in [0.05, 0.1) is 24.2 Å². The molecule has 0 radical (unpaired) electrons. The first-order chi connectivity index (χ1) is 19.3. The third-order valence-corrected chi connectivity index (χ3v) is 7.70. The molecule has 1 heterocycles. The highest BCUT2D eigenvalue weighted by molar-refractivity contribution is 6.30. The zero-order chi connectivity index (χ0) is 28.2. The minimum Gasteiger partial charge on any atom is -0.491 e. The molecule has 2 atom stereocenters. The van der Waals surface area contributed by atoms with Crippen molar-refractivity contribution >= 4 is 23.4 Å². The second-order valence-electron chi connectivity index (χ2n) is 10.6. The number of ketones is 1. The monoisotopic (exact) mass is 555 g/mol. The third kappa shape index (κ3) is 6.00. The molecule has 0 saturated heterocycles. The van der Waals surface area contributed by atoms with E-state index < -0.39 is 11.9 Å². The molecule has 40 heavy (non-hydrogen) atoms. The number of Topliss-reactive ketones (excluding diaryl/α,β-unsaturated/α-hetero) is 1. The molecule has 0 unspecified atom stereocenters. The van der Waals surface area contributed by atoms with Crippen LogP contribution in [0, 0.1) is 0 Å². The minimum absolute atomic E-state index is 0.0140. The van der Waals surface area contributed by atoms with Crippen molar-refractivity contribution in [2.75, 3.05) is 6.61 Å². The van der Waals surface area contributed by atoms with Gasteiger partial charge < -0.3 is 14.8 Å². The molecule has 1 aliphatic heterocycles. The Morgan fingerprint density at radius 2 is 1.68 bits per heavy atom. The number of ether oxygens (including phenoxy) is 2. The van der Waals surface area contributed by atoms with Crippen LogP contribution in [0.3, 0.4) is 0 Å². The molecular formula is C34H34ClNO4. The Balaban J connectivity index is 1.51. The summed E-state index contributed by atoms with van der Waals surface area (Å²) in [7, 11) is 0. The lowest BCUT2D eigenvalue weighted by molar-refractivity contribution is -0.139. The van der Waals surface area contributed by atoms with Crippen molar-refractivity contribution in [1.29, 1.82) is 0 Å². The molecule has 0 spiro atoms. The average molecular weight is 556 g/mol. The van der Waals surface area contributed by atoms with Crippen molar-refractivity contribution in [3.8, 4) is 5.75 Å². The summed E-state index contributed by atoms with van der Waals surface area (Å²) < 4.78 is 12.0. The van der Waals surface area contributed by atoms with Crippen LogP contribution in [0.25, 0.3) is 0 Å². The molecule has 0 fully saturated rings. The average Bonchev–Trinajstić information content (AvgIpc) is 2.93. The molecule has 0 saturated carbocycles. The van der Waals surface area contributed by atoms with E-state index in [0.717, 1.165) is 22.4 Å². The van der Waals surface area contributed by atoms with E-state index in [1.807, 2.05) is 99.6 Å². The number of carbonyl (C=O) groups is 2. The van der Waals surface area contributed by atoms with Gasteiger partial charge in [-0.15, -0.1) is 0 Å². The minimum atomic E-state index is -0.589. The largest absolute Gasteiger partial charge is 0.491 e. The number of hydrogen-bond acceptors (Lipinski definition) is 5. The fraction of sp³-hybridized carbons (Fsp3) is 0.294. The Bertz CT molecular complexity index is 1460. The predicted octanol–water partition coefficient (Wildman–Crippen LogP) is 7.27. The van der Waals surface area contributed by atoms with Crippen LogP contribution in [0.5, 0.6) is 5.75 Å². The van der Waals surface area contributed by atoms with Crippen LogP contribution in [-0.4, -0.2) is 24.5 Å². The fourth-order valence-corrected chi connectivity index (χ4v) is 5.78. The van der Waals surface area contributed by atoms with E-state index in [1.165, 1.54) is 0 Å². The van der Waals surface area contributed by atoms with Crippen LogP contribution in [0.1, 0.15) is 62.1 Å². The van der Waals surface area contributed by atoms with E-state index >= 15 is 0 Å². The maximum Gasteiger partial charge on any atom is 0.336 e. The van der Waals surface area contributed by atoms with Gasteiger partial charge in [-0.3, -0.25) is 4.79 Å². The van der Waals surface area contributed by atoms with Gasteiger partial charge in [-0.1, -0.05) is 72.3 Å². The molecule has 5 nitrogen and oxygen atoms in total. The number of carbonyl (C=O) groups excluding carboxylic acids is 2. The molecular weight excluding hydrogens is 522 g/mol. The number of rotatable bonds is 8. The Morgan fingerprint density at radius 3 is 2.40 bits per heavy atom. The quantitative estimate of drug-likeness (QED) is 0.296. The lowest BCUT2D eigenvalue weighted by Gasteiger charge is -2.37. The Morgan fingerprint density at radius 1 is 0.975 bits per heavy atom. The molecule has 2 aliphatic rings. The first-order valence-electron chi connectivity index (χ1n) is 13.8. The summed E-state index contributed by atoms with van der Waals surface area (Å²) in [5, 5.41) is 4.09. The lowest BCUT2D eigenvalue weighted by atomic mass is 9.71. The summed E-state index contributed by atoms with van der Waals surface area (Å²) in [5.74, 6) is -0.323. The second-order valence-corrected chi connectivity index (χ2v) is 11.1. The number of para-hydroxylation sites is 1. The first kappa shape index (κ1) is 27.7. The number of esters is 1.